The highest BCUT2D eigenvalue weighted by molar-refractivity contribution is 7.92. The number of aryl methyl sites for hydroxylation is 1. The van der Waals surface area contributed by atoms with Crippen LogP contribution in [0.15, 0.2) is 71.6 Å². The van der Waals surface area contributed by atoms with Crippen molar-refractivity contribution < 1.29 is 22.7 Å². The molecule has 0 bridgehead atoms. The Hall–Kier alpha value is -3.52. The van der Waals surface area contributed by atoms with E-state index in [-0.39, 0.29) is 23.3 Å². The van der Waals surface area contributed by atoms with Crippen molar-refractivity contribution in [3.05, 3.63) is 77.9 Å². The Morgan fingerprint density at radius 3 is 2.56 bits per heavy atom. The van der Waals surface area contributed by atoms with E-state index in [4.69, 9.17) is 9.47 Å². The number of hydrogen-bond donors (Lipinski definition) is 2. The van der Waals surface area contributed by atoms with Crippen molar-refractivity contribution in [2.45, 2.75) is 18.2 Å². The largest absolute Gasteiger partial charge is 0.497 e. The van der Waals surface area contributed by atoms with Gasteiger partial charge in [0.2, 0.25) is 5.91 Å². The number of ether oxygens (including phenoxy) is 2. The molecule has 8 heteroatoms. The first-order valence-corrected chi connectivity index (χ1v) is 11.6. The fourth-order valence-electron chi connectivity index (χ4n) is 3.51. The van der Waals surface area contributed by atoms with E-state index in [1.807, 2.05) is 31.2 Å². The smallest absolute Gasteiger partial charge is 0.261 e. The fraction of sp³-hybridized carbons (Fsp3) is 0.208. The molecule has 1 amide bonds. The second-order valence-electron chi connectivity index (χ2n) is 7.62. The maximum atomic E-state index is 12.9. The number of methoxy groups -OCH3 is 1. The molecule has 166 valence electrons. The minimum Gasteiger partial charge on any atom is -0.497 e. The Morgan fingerprint density at radius 1 is 1.06 bits per heavy atom. The standard InChI is InChI=1S/C24H24N2O5S/c1-16-7-12-21(32(28,29)26-19-8-10-20(30-2)11-9-19)14-22(16)25-24(27)18-13-17-5-3-4-6-23(17)31-15-18/h3-12,14,18,26H,13,15H2,1-2H3,(H,25,27). The van der Waals surface area contributed by atoms with E-state index >= 15 is 0 Å². The Labute approximate surface area is 187 Å². The number of sulfonamides is 1. The number of para-hydroxylation sites is 1. The number of rotatable bonds is 6. The zero-order valence-electron chi connectivity index (χ0n) is 17.8. The molecule has 7 nitrogen and oxygen atoms in total. The SMILES string of the molecule is COc1ccc(NS(=O)(=O)c2ccc(C)c(NC(=O)C3COc4ccccc4C3)c2)cc1. The van der Waals surface area contributed by atoms with Crippen LogP contribution in [-0.2, 0) is 21.2 Å². The fourth-order valence-corrected chi connectivity index (χ4v) is 4.59. The average Bonchev–Trinajstić information content (AvgIpc) is 2.80. The quantitative estimate of drug-likeness (QED) is 0.590. The lowest BCUT2D eigenvalue weighted by molar-refractivity contribution is -0.121. The Kier molecular flexibility index (Phi) is 6.05. The third-order valence-electron chi connectivity index (χ3n) is 5.37. The molecule has 0 spiro atoms. The van der Waals surface area contributed by atoms with Gasteiger partial charge in [-0.1, -0.05) is 24.3 Å². The highest BCUT2D eigenvalue weighted by Crippen LogP contribution is 2.29. The molecule has 0 saturated heterocycles. The van der Waals surface area contributed by atoms with Gasteiger partial charge in [0.1, 0.15) is 18.1 Å². The molecule has 2 N–H and O–H groups in total. The van der Waals surface area contributed by atoms with Crippen molar-refractivity contribution in [2.75, 3.05) is 23.8 Å². The predicted molar refractivity (Wildman–Crippen MR) is 123 cm³/mol. The number of benzene rings is 3. The second-order valence-corrected chi connectivity index (χ2v) is 9.30. The number of hydrogen-bond acceptors (Lipinski definition) is 5. The van der Waals surface area contributed by atoms with Crippen molar-refractivity contribution in [3.63, 3.8) is 0 Å². The van der Waals surface area contributed by atoms with Crippen LogP contribution in [0, 0.1) is 12.8 Å². The van der Waals surface area contributed by atoms with Gasteiger partial charge in [-0.2, -0.15) is 0 Å². The zero-order valence-corrected chi connectivity index (χ0v) is 18.6. The summed E-state index contributed by atoms with van der Waals surface area (Å²) in [5, 5.41) is 2.87. The highest BCUT2D eigenvalue weighted by Gasteiger charge is 2.26. The first kappa shape index (κ1) is 21.7. The van der Waals surface area contributed by atoms with Gasteiger partial charge in [-0.3, -0.25) is 9.52 Å². The summed E-state index contributed by atoms with van der Waals surface area (Å²) in [5.41, 5.74) is 2.61. The van der Waals surface area contributed by atoms with Crippen molar-refractivity contribution >= 4 is 27.3 Å². The van der Waals surface area contributed by atoms with E-state index in [2.05, 4.69) is 10.0 Å². The summed E-state index contributed by atoms with van der Waals surface area (Å²) in [6, 6.07) is 18.9. The number of carbonyl (C=O) groups is 1. The van der Waals surface area contributed by atoms with E-state index in [1.165, 1.54) is 12.1 Å². The summed E-state index contributed by atoms with van der Waals surface area (Å²) in [4.78, 5) is 12.9. The molecule has 1 aliphatic rings. The molecule has 3 aromatic carbocycles. The number of carbonyl (C=O) groups excluding carboxylic acids is 1. The van der Waals surface area contributed by atoms with Crippen LogP contribution in [0.2, 0.25) is 0 Å². The Bertz CT molecular complexity index is 1240. The van der Waals surface area contributed by atoms with Gasteiger partial charge in [0.25, 0.3) is 10.0 Å². The molecule has 1 heterocycles. The second kappa shape index (κ2) is 8.92. The van der Waals surface area contributed by atoms with Crippen molar-refractivity contribution in [1.29, 1.82) is 0 Å². The van der Waals surface area contributed by atoms with Crippen LogP contribution in [0.3, 0.4) is 0 Å². The van der Waals surface area contributed by atoms with Gasteiger partial charge in [-0.15, -0.1) is 0 Å². The molecule has 0 saturated carbocycles. The van der Waals surface area contributed by atoms with E-state index in [1.54, 1.807) is 37.4 Å². The van der Waals surface area contributed by atoms with Gasteiger partial charge in [0.15, 0.2) is 0 Å². The monoisotopic (exact) mass is 452 g/mol. The molecular formula is C24H24N2O5S. The van der Waals surface area contributed by atoms with Crippen molar-refractivity contribution in [2.24, 2.45) is 5.92 Å². The molecule has 1 atom stereocenters. The Morgan fingerprint density at radius 2 is 1.81 bits per heavy atom. The molecule has 3 aromatic rings. The van der Waals surface area contributed by atoms with Crippen LogP contribution in [0.25, 0.3) is 0 Å². The summed E-state index contributed by atoms with van der Waals surface area (Å²) < 4.78 is 39.1. The number of fused-ring (bicyclic) bond motifs is 1. The van der Waals surface area contributed by atoms with E-state index in [0.29, 0.717) is 23.5 Å². The molecule has 32 heavy (non-hydrogen) atoms. The number of nitrogens with one attached hydrogen (secondary N) is 2. The maximum Gasteiger partial charge on any atom is 0.261 e. The Balaban J connectivity index is 1.50. The molecule has 4 rings (SSSR count). The minimum atomic E-state index is -3.84. The first-order chi connectivity index (χ1) is 15.4. The summed E-state index contributed by atoms with van der Waals surface area (Å²) in [6.07, 6.45) is 0.568. The minimum absolute atomic E-state index is 0.0551. The van der Waals surface area contributed by atoms with Crippen LogP contribution in [0.4, 0.5) is 11.4 Å². The van der Waals surface area contributed by atoms with Crippen LogP contribution in [0.5, 0.6) is 11.5 Å². The van der Waals surface area contributed by atoms with Gasteiger partial charge < -0.3 is 14.8 Å². The summed E-state index contributed by atoms with van der Waals surface area (Å²) >= 11 is 0. The lowest BCUT2D eigenvalue weighted by Gasteiger charge is -2.25. The molecule has 0 radical (unpaired) electrons. The van der Waals surface area contributed by atoms with E-state index < -0.39 is 10.0 Å². The van der Waals surface area contributed by atoms with E-state index in [0.717, 1.165) is 16.9 Å². The topological polar surface area (TPSA) is 93.7 Å². The van der Waals surface area contributed by atoms with Gasteiger partial charge in [-0.25, -0.2) is 8.42 Å². The lowest BCUT2D eigenvalue weighted by atomic mass is 9.96. The third kappa shape index (κ3) is 4.70. The highest BCUT2D eigenvalue weighted by atomic mass is 32.2. The average molecular weight is 453 g/mol. The van der Waals surface area contributed by atoms with Crippen LogP contribution >= 0.6 is 0 Å². The summed E-state index contributed by atoms with van der Waals surface area (Å²) in [7, 11) is -2.30. The van der Waals surface area contributed by atoms with Gasteiger partial charge in [0, 0.05) is 11.4 Å². The van der Waals surface area contributed by atoms with Crippen LogP contribution in [-0.4, -0.2) is 28.0 Å². The van der Waals surface area contributed by atoms with Gasteiger partial charge >= 0.3 is 0 Å². The maximum absolute atomic E-state index is 12.9. The van der Waals surface area contributed by atoms with E-state index in [9.17, 15) is 13.2 Å². The third-order valence-corrected chi connectivity index (χ3v) is 6.75. The van der Waals surface area contributed by atoms with Crippen molar-refractivity contribution in [1.82, 2.24) is 0 Å². The lowest BCUT2D eigenvalue weighted by Crippen LogP contribution is -2.32. The number of amides is 1. The molecule has 1 unspecified atom stereocenters. The number of anilines is 2. The van der Waals surface area contributed by atoms with Gasteiger partial charge in [-0.05, 0) is 66.9 Å². The molecule has 0 aromatic heterocycles. The van der Waals surface area contributed by atoms with Crippen molar-refractivity contribution in [3.8, 4) is 11.5 Å². The van der Waals surface area contributed by atoms with Crippen LogP contribution < -0.4 is 19.5 Å². The first-order valence-electron chi connectivity index (χ1n) is 10.1. The van der Waals surface area contributed by atoms with Gasteiger partial charge in [0.05, 0.1) is 17.9 Å². The normalized spacial score (nSPS) is 15.2. The predicted octanol–water partition coefficient (Wildman–Crippen LogP) is 3.99. The molecular weight excluding hydrogens is 428 g/mol. The molecule has 1 aliphatic heterocycles. The summed E-state index contributed by atoms with van der Waals surface area (Å²) in [6.45, 7) is 2.09. The summed E-state index contributed by atoms with van der Waals surface area (Å²) in [5.74, 6) is 0.857. The zero-order chi connectivity index (χ0) is 22.7. The van der Waals surface area contributed by atoms with Crippen LogP contribution in [0.1, 0.15) is 11.1 Å². The molecule has 0 aliphatic carbocycles. The molecule has 0 fully saturated rings.